The molecule has 1 unspecified atom stereocenters. The van der Waals surface area contributed by atoms with Crippen LogP contribution < -0.4 is 0 Å². The second-order valence-corrected chi connectivity index (χ2v) is 8.86. The van der Waals surface area contributed by atoms with E-state index in [1.54, 1.807) is 13.0 Å². The number of likely N-dealkylation sites (tertiary alicyclic amines) is 1. The molecule has 1 aromatic carbocycles. The largest absolute Gasteiger partial charge is 0.416 e. The first-order valence-corrected chi connectivity index (χ1v) is 9.25. The summed E-state index contributed by atoms with van der Waals surface area (Å²) < 4.78 is 38.8. The second-order valence-electron chi connectivity index (χ2n) is 8.86. The third-order valence-electron chi connectivity index (χ3n) is 6.47. The van der Waals surface area contributed by atoms with Gasteiger partial charge in [0.15, 0.2) is 0 Å². The lowest BCUT2D eigenvalue weighted by atomic mass is 9.69. The minimum atomic E-state index is -4.31. The number of hydrogen-bond donors (Lipinski definition) is 1. The van der Waals surface area contributed by atoms with E-state index in [0.717, 1.165) is 30.9 Å². The molecule has 2 aliphatic carbocycles. The molecule has 1 saturated heterocycles. The normalized spacial score (nSPS) is 33.0. The number of carbonyl (C=O) groups excluding carboxylic acids is 1. The van der Waals surface area contributed by atoms with Crippen LogP contribution in [0.1, 0.15) is 56.1 Å². The standard InChI is InChI=1S/C20H24F3NO2/c1-18(26)8-15(9-18)17(25)24-11-19(12-24)6-5-14(10-19)13-3-2-4-16(7-13)20(21,22)23/h2-4,7,14-15,26H,5-6,8-12H2,1H3. The molecule has 0 bridgehead atoms. The lowest BCUT2D eigenvalue weighted by Crippen LogP contribution is -2.61. The van der Waals surface area contributed by atoms with E-state index in [4.69, 9.17) is 0 Å². The van der Waals surface area contributed by atoms with Gasteiger partial charge in [-0.25, -0.2) is 0 Å². The predicted octanol–water partition coefficient (Wildman–Crippen LogP) is 3.96. The highest BCUT2D eigenvalue weighted by Crippen LogP contribution is 2.53. The quantitative estimate of drug-likeness (QED) is 0.860. The monoisotopic (exact) mass is 367 g/mol. The van der Waals surface area contributed by atoms with Gasteiger partial charge in [0.2, 0.25) is 5.91 Å². The smallest absolute Gasteiger partial charge is 0.390 e. The van der Waals surface area contributed by atoms with Crippen molar-refractivity contribution in [1.82, 2.24) is 4.90 Å². The van der Waals surface area contributed by atoms with Crippen molar-refractivity contribution in [1.29, 1.82) is 0 Å². The molecular weight excluding hydrogens is 343 g/mol. The van der Waals surface area contributed by atoms with Crippen molar-refractivity contribution in [2.24, 2.45) is 11.3 Å². The van der Waals surface area contributed by atoms with Gasteiger partial charge < -0.3 is 10.0 Å². The van der Waals surface area contributed by atoms with Gasteiger partial charge in [0.25, 0.3) is 0 Å². The van der Waals surface area contributed by atoms with E-state index >= 15 is 0 Å². The number of carbonyl (C=O) groups is 1. The van der Waals surface area contributed by atoms with Crippen LogP contribution in [-0.4, -0.2) is 34.6 Å². The first-order valence-electron chi connectivity index (χ1n) is 9.25. The maximum Gasteiger partial charge on any atom is 0.416 e. The number of benzene rings is 1. The molecule has 26 heavy (non-hydrogen) atoms. The zero-order valence-corrected chi connectivity index (χ0v) is 14.9. The average molecular weight is 367 g/mol. The van der Waals surface area contributed by atoms with Crippen LogP contribution in [0.25, 0.3) is 0 Å². The fourth-order valence-electron chi connectivity index (χ4n) is 5.10. The summed E-state index contributed by atoms with van der Waals surface area (Å²) in [7, 11) is 0. The number of amides is 1. The highest BCUT2D eigenvalue weighted by Gasteiger charge is 2.53. The Morgan fingerprint density at radius 3 is 2.54 bits per heavy atom. The van der Waals surface area contributed by atoms with Crippen LogP contribution >= 0.6 is 0 Å². The molecule has 6 heteroatoms. The number of hydrogen-bond acceptors (Lipinski definition) is 2. The van der Waals surface area contributed by atoms with Crippen LogP contribution in [0.2, 0.25) is 0 Å². The summed E-state index contributed by atoms with van der Waals surface area (Å²) in [6.45, 7) is 3.17. The number of alkyl halides is 3. The minimum absolute atomic E-state index is 0.0667. The van der Waals surface area contributed by atoms with Gasteiger partial charge in [-0.2, -0.15) is 13.2 Å². The summed E-state index contributed by atoms with van der Waals surface area (Å²) in [5.74, 6) is 0.201. The summed E-state index contributed by atoms with van der Waals surface area (Å²) in [5, 5.41) is 9.80. The van der Waals surface area contributed by atoms with E-state index in [-0.39, 0.29) is 23.2 Å². The van der Waals surface area contributed by atoms with E-state index in [1.165, 1.54) is 12.1 Å². The summed E-state index contributed by atoms with van der Waals surface area (Å²) in [6, 6.07) is 5.67. The van der Waals surface area contributed by atoms with Crippen molar-refractivity contribution in [3.05, 3.63) is 35.4 Å². The molecule has 3 nitrogen and oxygen atoms in total. The Balaban J connectivity index is 1.36. The fraction of sp³-hybridized carbons (Fsp3) is 0.650. The Morgan fingerprint density at radius 1 is 1.23 bits per heavy atom. The molecule has 1 aromatic rings. The van der Waals surface area contributed by atoms with Gasteiger partial charge in [-0.15, -0.1) is 0 Å². The fourth-order valence-corrected chi connectivity index (χ4v) is 5.10. The van der Waals surface area contributed by atoms with E-state index in [9.17, 15) is 23.1 Å². The van der Waals surface area contributed by atoms with E-state index in [1.807, 2.05) is 4.90 Å². The first-order chi connectivity index (χ1) is 12.1. The molecule has 3 fully saturated rings. The molecule has 1 N–H and O–H groups in total. The third-order valence-corrected chi connectivity index (χ3v) is 6.47. The zero-order chi connectivity index (χ0) is 18.7. The highest BCUT2D eigenvalue weighted by atomic mass is 19.4. The number of halogens is 3. The maximum absolute atomic E-state index is 12.9. The van der Waals surface area contributed by atoms with Crippen LogP contribution in [0.4, 0.5) is 13.2 Å². The Hall–Kier alpha value is -1.56. The number of nitrogens with zero attached hydrogens (tertiary/aromatic N) is 1. The van der Waals surface area contributed by atoms with Crippen LogP contribution in [0.15, 0.2) is 24.3 Å². The Kier molecular flexibility index (Phi) is 3.92. The molecule has 2 saturated carbocycles. The van der Waals surface area contributed by atoms with Crippen molar-refractivity contribution in [3.8, 4) is 0 Å². The van der Waals surface area contributed by atoms with E-state index < -0.39 is 17.3 Å². The summed E-state index contributed by atoms with van der Waals surface area (Å²) in [4.78, 5) is 14.3. The van der Waals surface area contributed by atoms with Crippen LogP contribution in [-0.2, 0) is 11.0 Å². The molecule has 0 radical (unpaired) electrons. The average Bonchev–Trinajstić information content (AvgIpc) is 2.95. The topological polar surface area (TPSA) is 40.5 Å². The molecule has 1 amide bonds. The molecule has 1 aliphatic heterocycles. The Labute approximate surface area is 151 Å². The Bertz CT molecular complexity index is 714. The molecule has 3 aliphatic rings. The second kappa shape index (κ2) is 5.72. The van der Waals surface area contributed by atoms with Gasteiger partial charge in [0.1, 0.15) is 0 Å². The molecule has 1 heterocycles. The lowest BCUT2D eigenvalue weighted by Gasteiger charge is -2.52. The SMILES string of the molecule is CC1(O)CC(C(=O)N2CC3(CCC(c4cccc(C(F)(F)F)c4)C3)C2)C1. The summed E-state index contributed by atoms with van der Waals surface area (Å²) >= 11 is 0. The molecule has 1 spiro atoms. The van der Waals surface area contributed by atoms with Crippen molar-refractivity contribution in [2.45, 2.75) is 56.7 Å². The van der Waals surface area contributed by atoms with Crippen LogP contribution in [0, 0.1) is 11.3 Å². The Morgan fingerprint density at radius 2 is 1.92 bits per heavy atom. The van der Waals surface area contributed by atoms with Crippen LogP contribution in [0.5, 0.6) is 0 Å². The summed E-state index contributed by atoms with van der Waals surface area (Å²) in [6.07, 6.45) is -0.567. The first kappa shape index (κ1) is 17.8. The van der Waals surface area contributed by atoms with Crippen LogP contribution in [0.3, 0.4) is 0 Å². The highest BCUT2D eigenvalue weighted by molar-refractivity contribution is 5.81. The molecule has 4 rings (SSSR count). The van der Waals surface area contributed by atoms with Gasteiger partial charge in [-0.1, -0.05) is 18.2 Å². The van der Waals surface area contributed by atoms with Crippen molar-refractivity contribution in [2.75, 3.05) is 13.1 Å². The van der Waals surface area contributed by atoms with Crippen molar-refractivity contribution in [3.63, 3.8) is 0 Å². The van der Waals surface area contributed by atoms with Gasteiger partial charge >= 0.3 is 6.18 Å². The van der Waals surface area contributed by atoms with Crippen molar-refractivity contribution >= 4 is 5.91 Å². The van der Waals surface area contributed by atoms with Gasteiger partial charge in [0.05, 0.1) is 11.2 Å². The predicted molar refractivity (Wildman–Crippen MR) is 90.4 cm³/mol. The number of rotatable bonds is 2. The zero-order valence-electron chi connectivity index (χ0n) is 14.9. The maximum atomic E-state index is 12.9. The minimum Gasteiger partial charge on any atom is -0.390 e. The lowest BCUT2D eigenvalue weighted by molar-refractivity contribution is -0.161. The molecule has 0 aromatic heterocycles. The van der Waals surface area contributed by atoms with Gasteiger partial charge in [-0.05, 0) is 56.6 Å². The van der Waals surface area contributed by atoms with Crippen molar-refractivity contribution < 1.29 is 23.1 Å². The molecule has 142 valence electrons. The van der Waals surface area contributed by atoms with Gasteiger partial charge in [-0.3, -0.25) is 4.79 Å². The third kappa shape index (κ3) is 3.13. The molecular formula is C20H24F3NO2. The van der Waals surface area contributed by atoms with Gasteiger partial charge in [0, 0.05) is 24.4 Å². The van der Waals surface area contributed by atoms with E-state index in [0.29, 0.717) is 25.9 Å². The van der Waals surface area contributed by atoms with E-state index in [2.05, 4.69) is 0 Å². The summed E-state index contributed by atoms with van der Waals surface area (Å²) in [5.41, 5.74) is -0.457. The molecule has 1 atom stereocenters. The number of aliphatic hydroxyl groups is 1.